The summed E-state index contributed by atoms with van der Waals surface area (Å²) in [6.07, 6.45) is 2.90. The largest absolute Gasteiger partial charge is 0.481 e. The average Bonchev–Trinajstić information content (AvgIpc) is 3.15. The minimum atomic E-state index is -0.844. The van der Waals surface area contributed by atoms with Crippen LogP contribution in [0.15, 0.2) is 48.5 Å². The van der Waals surface area contributed by atoms with Gasteiger partial charge in [-0.1, -0.05) is 48.5 Å². The summed E-state index contributed by atoms with van der Waals surface area (Å²) < 4.78 is 5.58. The first-order valence-corrected chi connectivity index (χ1v) is 12.1. The van der Waals surface area contributed by atoms with Gasteiger partial charge in [0, 0.05) is 37.4 Å². The van der Waals surface area contributed by atoms with Crippen LogP contribution in [0, 0.1) is 0 Å². The fourth-order valence-electron chi connectivity index (χ4n) is 5.19. The zero-order valence-electron chi connectivity index (χ0n) is 19.5. The molecular weight excluding hydrogens is 432 g/mol. The standard InChI is InChI=1S/C27H32N2O5/c1-18(16-25(30)29-15-7-6-8-19(29)13-14-26(31)32)28-27(33)34-17-24-22-11-4-2-9-20(22)21-10-3-5-12-23(21)24/h2-5,9-12,18-19,24H,6-8,13-17H2,1H3,(H,28,33)(H,31,32). The molecule has 2 aromatic rings. The van der Waals surface area contributed by atoms with Crippen molar-refractivity contribution in [2.24, 2.45) is 0 Å². The summed E-state index contributed by atoms with van der Waals surface area (Å²) in [6.45, 7) is 2.65. The molecule has 2 aromatic carbocycles. The van der Waals surface area contributed by atoms with E-state index in [0.29, 0.717) is 13.0 Å². The normalized spacial score (nSPS) is 18.0. The van der Waals surface area contributed by atoms with Crippen LogP contribution in [0.3, 0.4) is 0 Å². The molecule has 0 saturated carbocycles. The van der Waals surface area contributed by atoms with Gasteiger partial charge < -0.3 is 20.1 Å². The highest BCUT2D eigenvalue weighted by Crippen LogP contribution is 2.44. The van der Waals surface area contributed by atoms with Crippen molar-refractivity contribution in [1.29, 1.82) is 0 Å². The number of benzene rings is 2. The predicted octanol–water partition coefficient (Wildman–Crippen LogP) is 4.55. The minimum Gasteiger partial charge on any atom is -0.481 e. The Balaban J connectivity index is 1.30. The van der Waals surface area contributed by atoms with E-state index in [-0.39, 0.29) is 43.4 Å². The Kier molecular flexibility index (Phi) is 7.50. The molecule has 1 aliphatic heterocycles. The number of alkyl carbamates (subject to hydrolysis) is 1. The summed E-state index contributed by atoms with van der Waals surface area (Å²) in [6, 6.07) is 15.9. The first-order valence-electron chi connectivity index (χ1n) is 12.1. The number of hydrogen-bond acceptors (Lipinski definition) is 4. The first kappa shape index (κ1) is 23.8. The number of hydrogen-bond donors (Lipinski definition) is 2. The number of likely N-dealkylation sites (tertiary alicyclic amines) is 1. The average molecular weight is 465 g/mol. The van der Waals surface area contributed by atoms with Gasteiger partial charge in [-0.3, -0.25) is 9.59 Å². The van der Waals surface area contributed by atoms with E-state index in [1.165, 1.54) is 11.1 Å². The van der Waals surface area contributed by atoms with Crippen molar-refractivity contribution in [1.82, 2.24) is 10.2 Å². The van der Waals surface area contributed by atoms with Crippen molar-refractivity contribution < 1.29 is 24.2 Å². The van der Waals surface area contributed by atoms with E-state index >= 15 is 0 Å². The minimum absolute atomic E-state index is 0.0153. The van der Waals surface area contributed by atoms with Gasteiger partial charge in [-0.15, -0.1) is 0 Å². The Morgan fingerprint density at radius 2 is 1.71 bits per heavy atom. The van der Waals surface area contributed by atoms with Crippen molar-refractivity contribution in [3.8, 4) is 11.1 Å². The summed E-state index contributed by atoms with van der Waals surface area (Å²) in [5.41, 5.74) is 4.64. The third kappa shape index (κ3) is 5.41. The lowest BCUT2D eigenvalue weighted by Crippen LogP contribution is -2.46. The van der Waals surface area contributed by atoms with Gasteiger partial charge in [0.05, 0.1) is 0 Å². The summed E-state index contributed by atoms with van der Waals surface area (Å²) >= 11 is 0. The van der Waals surface area contributed by atoms with E-state index in [1.807, 2.05) is 24.3 Å². The highest BCUT2D eigenvalue weighted by Gasteiger charge is 2.30. The third-order valence-corrected chi connectivity index (χ3v) is 6.83. The van der Waals surface area contributed by atoms with Gasteiger partial charge in [0.1, 0.15) is 6.61 Å². The molecule has 2 N–H and O–H groups in total. The van der Waals surface area contributed by atoms with Crippen LogP contribution in [0.2, 0.25) is 0 Å². The molecule has 2 aliphatic rings. The molecule has 7 nitrogen and oxygen atoms in total. The molecule has 2 unspecified atom stereocenters. The quantitative estimate of drug-likeness (QED) is 0.598. The Bertz CT molecular complexity index is 1010. The summed E-state index contributed by atoms with van der Waals surface area (Å²) in [4.78, 5) is 38.1. The number of aliphatic carboxylic acids is 1. The molecule has 1 fully saturated rings. The zero-order chi connectivity index (χ0) is 24.1. The number of carbonyl (C=O) groups excluding carboxylic acids is 2. The number of rotatable bonds is 8. The van der Waals surface area contributed by atoms with E-state index in [1.54, 1.807) is 11.8 Å². The van der Waals surface area contributed by atoms with Gasteiger partial charge in [0.15, 0.2) is 0 Å². The number of carboxylic acid groups (broad SMARTS) is 1. The van der Waals surface area contributed by atoms with Gasteiger partial charge in [-0.25, -0.2) is 4.79 Å². The molecule has 1 heterocycles. The van der Waals surface area contributed by atoms with Crippen molar-refractivity contribution in [3.05, 3.63) is 59.7 Å². The van der Waals surface area contributed by atoms with E-state index < -0.39 is 12.1 Å². The van der Waals surface area contributed by atoms with Crippen LogP contribution in [0.5, 0.6) is 0 Å². The molecule has 2 amide bonds. The Morgan fingerprint density at radius 3 is 2.35 bits per heavy atom. The molecule has 2 atom stereocenters. The van der Waals surface area contributed by atoms with Crippen molar-refractivity contribution >= 4 is 18.0 Å². The fraction of sp³-hybridized carbons (Fsp3) is 0.444. The van der Waals surface area contributed by atoms with Gasteiger partial charge in [0.2, 0.25) is 5.91 Å². The molecule has 0 radical (unpaired) electrons. The number of piperidine rings is 1. The number of ether oxygens (including phenoxy) is 1. The summed E-state index contributed by atoms with van der Waals surface area (Å²) in [7, 11) is 0. The van der Waals surface area contributed by atoms with E-state index in [4.69, 9.17) is 9.84 Å². The maximum Gasteiger partial charge on any atom is 0.407 e. The number of nitrogens with zero attached hydrogens (tertiary/aromatic N) is 1. The number of amides is 2. The number of nitrogens with one attached hydrogen (secondary N) is 1. The second-order valence-electron chi connectivity index (χ2n) is 9.24. The Labute approximate surface area is 200 Å². The molecule has 4 rings (SSSR count). The molecule has 1 saturated heterocycles. The maximum atomic E-state index is 12.9. The molecule has 1 aliphatic carbocycles. The summed E-state index contributed by atoms with van der Waals surface area (Å²) in [5.74, 6) is -0.914. The Hall–Kier alpha value is -3.35. The lowest BCUT2D eigenvalue weighted by atomic mass is 9.97. The SMILES string of the molecule is CC(CC(=O)N1CCCCC1CCC(=O)O)NC(=O)OCC1c2ccccc2-c2ccccc21. The van der Waals surface area contributed by atoms with Crippen LogP contribution in [-0.2, 0) is 14.3 Å². The number of carbonyl (C=O) groups is 3. The van der Waals surface area contributed by atoms with Crippen LogP contribution in [-0.4, -0.2) is 53.2 Å². The fourth-order valence-corrected chi connectivity index (χ4v) is 5.19. The predicted molar refractivity (Wildman–Crippen MR) is 129 cm³/mol. The zero-order valence-corrected chi connectivity index (χ0v) is 19.5. The summed E-state index contributed by atoms with van der Waals surface area (Å²) in [5, 5.41) is 11.8. The van der Waals surface area contributed by atoms with E-state index in [0.717, 1.165) is 30.4 Å². The van der Waals surface area contributed by atoms with E-state index in [2.05, 4.69) is 29.6 Å². The number of fused-ring (bicyclic) bond motifs is 3. The van der Waals surface area contributed by atoms with Gasteiger partial charge in [-0.2, -0.15) is 0 Å². The monoisotopic (exact) mass is 464 g/mol. The molecule has 0 spiro atoms. The smallest absolute Gasteiger partial charge is 0.407 e. The van der Waals surface area contributed by atoms with Crippen LogP contribution in [0.4, 0.5) is 4.79 Å². The second kappa shape index (κ2) is 10.7. The van der Waals surface area contributed by atoms with Crippen LogP contribution in [0.25, 0.3) is 11.1 Å². The van der Waals surface area contributed by atoms with E-state index in [9.17, 15) is 14.4 Å². The van der Waals surface area contributed by atoms with Crippen LogP contribution in [0.1, 0.15) is 62.5 Å². The van der Waals surface area contributed by atoms with Gasteiger partial charge in [-0.05, 0) is 54.9 Å². The lowest BCUT2D eigenvalue weighted by Gasteiger charge is -2.36. The Morgan fingerprint density at radius 1 is 1.06 bits per heavy atom. The third-order valence-electron chi connectivity index (χ3n) is 6.83. The van der Waals surface area contributed by atoms with Crippen molar-refractivity contribution in [2.75, 3.05) is 13.2 Å². The second-order valence-corrected chi connectivity index (χ2v) is 9.24. The molecule has 34 heavy (non-hydrogen) atoms. The molecular formula is C27H32N2O5. The topological polar surface area (TPSA) is 95.9 Å². The maximum absolute atomic E-state index is 12.9. The first-order chi connectivity index (χ1) is 16.4. The molecule has 180 valence electrons. The highest BCUT2D eigenvalue weighted by molar-refractivity contribution is 5.80. The molecule has 0 bridgehead atoms. The molecule has 0 aromatic heterocycles. The molecule has 7 heteroatoms. The van der Waals surface area contributed by atoms with Crippen molar-refractivity contribution in [3.63, 3.8) is 0 Å². The number of carboxylic acids is 1. The van der Waals surface area contributed by atoms with Crippen LogP contribution < -0.4 is 5.32 Å². The van der Waals surface area contributed by atoms with Gasteiger partial charge in [0.25, 0.3) is 0 Å². The van der Waals surface area contributed by atoms with Crippen molar-refractivity contribution in [2.45, 2.75) is 63.5 Å². The lowest BCUT2D eigenvalue weighted by molar-refractivity contribution is -0.140. The van der Waals surface area contributed by atoms with Crippen LogP contribution >= 0.6 is 0 Å². The van der Waals surface area contributed by atoms with Gasteiger partial charge >= 0.3 is 12.1 Å². The highest BCUT2D eigenvalue weighted by atomic mass is 16.5.